The van der Waals surface area contributed by atoms with Crippen LogP contribution in [0.15, 0.2) is 12.5 Å². The highest BCUT2D eigenvalue weighted by atomic mass is 16.4. The maximum atomic E-state index is 13.2. The molecule has 0 aliphatic carbocycles. The molecule has 0 aliphatic rings. The summed E-state index contributed by atoms with van der Waals surface area (Å²) < 4.78 is 0. The highest BCUT2D eigenvalue weighted by molar-refractivity contribution is 5.94. The highest BCUT2D eigenvalue weighted by Gasteiger charge is 2.31. The summed E-state index contributed by atoms with van der Waals surface area (Å²) in [5, 5.41) is 16.6. The summed E-state index contributed by atoms with van der Waals surface area (Å²) in [5.41, 5.74) is 16.7. The van der Waals surface area contributed by atoms with Gasteiger partial charge in [0.25, 0.3) is 0 Å². The Morgan fingerprint density at radius 3 is 1.92 bits per heavy atom. The van der Waals surface area contributed by atoms with Crippen LogP contribution in [-0.4, -0.2) is 74.7 Å². The minimum Gasteiger partial charge on any atom is -0.480 e. The van der Waals surface area contributed by atoms with Crippen LogP contribution in [0.5, 0.6) is 0 Å². The van der Waals surface area contributed by atoms with E-state index in [1.54, 1.807) is 6.92 Å². The predicted molar refractivity (Wildman–Crippen MR) is 130 cm³/mol. The number of carbonyl (C=O) groups is 6. The van der Waals surface area contributed by atoms with Gasteiger partial charge in [-0.2, -0.15) is 0 Å². The summed E-state index contributed by atoms with van der Waals surface area (Å²) in [4.78, 5) is 79.3. The average Bonchev–Trinajstić information content (AvgIpc) is 3.35. The summed E-state index contributed by atoms with van der Waals surface area (Å²) in [5.74, 6) is -5.38. The van der Waals surface area contributed by atoms with Crippen molar-refractivity contribution >= 4 is 35.5 Å². The van der Waals surface area contributed by atoms with Crippen molar-refractivity contribution in [2.75, 3.05) is 0 Å². The Balaban J connectivity index is 3.09. The number of nitrogens with two attached hydrogens (primary N) is 3. The Kier molecular flexibility index (Phi) is 12.7. The molecule has 5 amide bonds. The first-order chi connectivity index (χ1) is 17.3. The molecule has 11 N–H and O–H groups in total. The van der Waals surface area contributed by atoms with E-state index in [1.807, 2.05) is 6.92 Å². The van der Waals surface area contributed by atoms with Gasteiger partial charge in [0, 0.05) is 31.2 Å². The molecule has 15 nitrogen and oxygen atoms in total. The van der Waals surface area contributed by atoms with Gasteiger partial charge in [0.2, 0.25) is 29.5 Å². The summed E-state index contributed by atoms with van der Waals surface area (Å²) in [6, 6.07) is -4.92. The normalized spacial score (nSPS) is 14.9. The fourth-order valence-electron chi connectivity index (χ4n) is 3.25. The second kappa shape index (κ2) is 15.2. The first kappa shape index (κ1) is 31.0. The number of aliphatic carboxylic acids is 1. The Morgan fingerprint density at radius 1 is 0.919 bits per heavy atom. The van der Waals surface area contributed by atoms with E-state index >= 15 is 0 Å². The fourth-order valence-corrected chi connectivity index (χ4v) is 3.25. The molecule has 1 aromatic heterocycles. The number of hydrogen-bond donors (Lipinski definition) is 8. The van der Waals surface area contributed by atoms with Gasteiger partial charge in [0.1, 0.15) is 18.1 Å². The molecule has 0 saturated carbocycles. The van der Waals surface area contributed by atoms with Crippen molar-refractivity contribution in [2.24, 2.45) is 23.1 Å². The highest BCUT2D eigenvalue weighted by Crippen LogP contribution is 2.08. The third-order valence-corrected chi connectivity index (χ3v) is 5.78. The third-order valence-electron chi connectivity index (χ3n) is 5.78. The molecule has 1 rings (SSSR count). The molecule has 1 heterocycles. The number of carboxylic acid groups (broad SMARTS) is 1. The lowest BCUT2D eigenvalue weighted by Gasteiger charge is -2.26. The van der Waals surface area contributed by atoms with Crippen LogP contribution in [0.4, 0.5) is 0 Å². The fraction of sp³-hybridized carbons (Fsp3) is 0.591. The summed E-state index contributed by atoms with van der Waals surface area (Å²) >= 11 is 0. The number of aromatic nitrogens is 2. The van der Waals surface area contributed by atoms with Crippen LogP contribution >= 0.6 is 0 Å². The number of rotatable bonds is 17. The smallest absolute Gasteiger partial charge is 0.326 e. The van der Waals surface area contributed by atoms with Crippen molar-refractivity contribution in [3.63, 3.8) is 0 Å². The van der Waals surface area contributed by atoms with Gasteiger partial charge in [-0.3, -0.25) is 24.0 Å². The lowest BCUT2D eigenvalue weighted by atomic mass is 9.98. The number of hydrogen-bond acceptors (Lipinski definition) is 8. The van der Waals surface area contributed by atoms with Crippen molar-refractivity contribution < 1.29 is 33.9 Å². The zero-order chi connectivity index (χ0) is 28.1. The second-order valence-corrected chi connectivity index (χ2v) is 8.72. The Bertz CT molecular complexity index is 953. The minimum absolute atomic E-state index is 0.0225. The van der Waals surface area contributed by atoms with E-state index in [1.165, 1.54) is 12.5 Å². The van der Waals surface area contributed by atoms with Crippen molar-refractivity contribution in [3.05, 3.63) is 18.2 Å². The van der Waals surface area contributed by atoms with E-state index in [9.17, 15) is 33.9 Å². The topological polar surface area (TPSA) is 265 Å². The zero-order valence-electron chi connectivity index (χ0n) is 20.9. The molecule has 0 radical (unpaired) electrons. The molecule has 15 heteroatoms. The van der Waals surface area contributed by atoms with E-state index in [4.69, 9.17) is 17.2 Å². The zero-order valence-corrected chi connectivity index (χ0v) is 20.9. The van der Waals surface area contributed by atoms with Gasteiger partial charge in [0.05, 0.1) is 12.4 Å². The van der Waals surface area contributed by atoms with Crippen LogP contribution in [0.1, 0.15) is 51.6 Å². The Morgan fingerprint density at radius 2 is 1.43 bits per heavy atom. The standard InChI is InChI=1S/C22H36N8O7/c1-3-11(2)18(25)21(35)30-15(8-12-9-26-10-27-12)20(34)28-13(4-6-16(23)31)19(33)29-14(22(36)37)5-7-17(24)32/h9-11,13-15,18H,3-8,25H2,1-2H3,(H2,23,31)(H2,24,32)(H,26,27)(H,28,34)(H,29,33)(H,30,35)(H,36,37). The molecule has 0 spiro atoms. The van der Waals surface area contributed by atoms with Gasteiger partial charge in [-0.25, -0.2) is 9.78 Å². The van der Waals surface area contributed by atoms with Gasteiger partial charge < -0.3 is 43.2 Å². The lowest BCUT2D eigenvalue weighted by molar-refractivity contribution is -0.142. The van der Waals surface area contributed by atoms with Crippen LogP contribution in [0.2, 0.25) is 0 Å². The van der Waals surface area contributed by atoms with Crippen molar-refractivity contribution in [1.82, 2.24) is 25.9 Å². The number of amides is 5. The minimum atomic E-state index is -1.47. The molecule has 0 saturated heterocycles. The number of primary amides is 2. The number of imidazole rings is 1. The Labute approximate surface area is 213 Å². The molecular weight excluding hydrogens is 488 g/mol. The number of carboxylic acids is 1. The number of nitrogens with zero attached hydrogens (tertiary/aromatic N) is 1. The number of H-pyrrole nitrogens is 1. The quantitative estimate of drug-likeness (QED) is 0.106. The van der Waals surface area contributed by atoms with Crippen molar-refractivity contribution in [1.29, 1.82) is 0 Å². The number of aromatic amines is 1. The van der Waals surface area contributed by atoms with Gasteiger partial charge in [-0.05, 0) is 18.8 Å². The van der Waals surface area contributed by atoms with E-state index in [0.717, 1.165) is 0 Å². The van der Waals surface area contributed by atoms with Crippen molar-refractivity contribution in [2.45, 2.75) is 76.5 Å². The van der Waals surface area contributed by atoms with Gasteiger partial charge in [-0.1, -0.05) is 20.3 Å². The molecule has 5 unspecified atom stereocenters. The second-order valence-electron chi connectivity index (χ2n) is 8.72. The maximum absolute atomic E-state index is 13.2. The van der Waals surface area contributed by atoms with E-state index in [2.05, 4.69) is 25.9 Å². The molecule has 5 atom stereocenters. The average molecular weight is 525 g/mol. The van der Waals surface area contributed by atoms with Gasteiger partial charge in [0.15, 0.2) is 0 Å². The summed E-state index contributed by atoms with van der Waals surface area (Å²) in [6.07, 6.45) is 2.32. The molecule has 0 aliphatic heterocycles. The van der Waals surface area contributed by atoms with E-state index < -0.39 is 59.7 Å². The van der Waals surface area contributed by atoms with Crippen LogP contribution in [0.3, 0.4) is 0 Å². The van der Waals surface area contributed by atoms with Gasteiger partial charge in [-0.15, -0.1) is 0 Å². The number of nitrogens with one attached hydrogen (secondary N) is 4. The molecule has 37 heavy (non-hydrogen) atoms. The van der Waals surface area contributed by atoms with Crippen LogP contribution in [0.25, 0.3) is 0 Å². The largest absolute Gasteiger partial charge is 0.480 e. The first-order valence-corrected chi connectivity index (χ1v) is 11.8. The molecule has 0 fully saturated rings. The predicted octanol–water partition coefficient (Wildman–Crippen LogP) is -2.60. The number of carbonyl (C=O) groups excluding carboxylic acids is 5. The molecule has 0 bridgehead atoms. The van der Waals surface area contributed by atoms with E-state index in [0.29, 0.717) is 12.1 Å². The Hall–Kier alpha value is -4.01. The van der Waals surface area contributed by atoms with Crippen LogP contribution in [0, 0.1) is 5.92 Å². The molecule has 0 aromatic carbocycles. The molecular formula is C22H36N8O7. The summed E-state index contributed by atoms with van der Waals surface area (Å²) in [7, 11) is 0. The van der Waals surface area contributed by atoms with Crippen molar-refractivity contribution in [3.8, 4) is 0 Å². The monoisotopic (exact) mass is 524 g/mol. The third kappa shape index (κ3) is 11.1. The molecule has 1 aromatic rings. The maximum Gasteiger partial charge on any atom is 0.326 e. The SMILES string of the molecule is CCC(C)C(N)C(=O)NC(Cc1cnc[nH]1)C(=O)NC(CCC(N)=O)C(=O)NC(CCC(N)=O)C(=O)O. The van der Waals surface area contributed by atoms with E-state index in [-0.39, 0.29) is 38.0 Å². The molecule has 206 valence electrons. The van der Waals surface area contributed by atoms with Crippen LogP contribution < -0.4 is 33.2 Å². The summed E-state index contributed by atoms with van der Waals surface area (Å²) in [6.45, 7) is 3.65. The lowest BCUT2D eigenvalue weighted by Crippen LogP contribution is -2.58. The van der Waals surface area contributed by atoms with Gasteiger partial charge >= 0.3 is 5.97 Å². The first-order valence-electron chi connectivity index (χ1n) is 11.8. The van der Waals surface area contributed by atoms with Crippen LogP contribution in [-0.2, 0) is 35.2 Å².